The van der Waals surface area contributed by atoms with Gasteiger partial charge in [-0.3, -0.25) is 4.79 Å². The number of carboxylic acids is 1. The Labute approximate surface area is 116 Å². The summed E-state index contributed by atoms with van der Waals surface area (Å²) in [5.74, 6) is -1.83. The topological polar surface area (TPSA) is 85.0 Å². The third-order valence-corrected chi connectivity index (χ3v) is 2.96. The van der Waals surface area contributed by atoms with Gasteiger partial charge in [0, 0.05) is 29.2 Å². The number of aromatic amines is 1. The van der Waals surface area contributed by atoms with Gasteiger partial charge in [0.25, 0.3) is 0 Å². The lowest BCUT2D eigenvalue weighted by molar-refractivity contribution is -0.297. The van der Waals surface area contributed by atoms with Crippen molar-refractivity contribution >= 4 is 22.8 Å². The van der Waals surface area contributed by atoms with E-state index in [1.807, 2.05) is 37.4 Å². The van der Waals surface area contributed by atoms with Crippen molar-refractivity contribution in [3.8, 4) is 0 Å². The van der Waals surface area contributed by atoms with Crippen LogP contribution in [-0.4, -0.2) is 22.9 Å². The molecular formula is C15H15N2O3-. The molecule has 5 nitrogen and oxygen atoms in total. The van der Waals surface area contributed by atoms with Crippen LogP contribution in [0.15, 0.2) is 42.6 Å². The number of hydrogen-bond donors (Lipinski definition) is 2. The van der Waals surface area contributed by atoms with Crippen LogP contribution in [0, 0.1) is 0 Å². The summed E-state index contributed by atoms with van der Waals surface area (Å²) in [6.07, 6.45) is 4.26. The number of H-pyrrole nitrogens is 1. The molecule has 0 fully saturated rings. The number of benzene rings is 1. The maximum atomic E-state index is 11.5. The molecule has 0 radical (unpaired) electrons. The van der Waals surface area contributed by atoms with Crippen molar-refractivity contribution in [1.29, 1.82) is 0 Å². The summed E-state index contributed by atoms with van der Waals surface area (Å²) in [5, 5.41) is 14.0. The number of aliphatic carboxylic acids is 1. The molecule has 1 atom stereocenters. The largest absolute Gasteiger partial charge is 0.545 e. The van der Waals surface area contributed by atoms with Crippen LogP contribution in [-0.2, 0) is 16.0 Å². The van der Waals surface area contributed by atoms with Crippen LogP contribution >= 0.6 is 0 Å². The van der Waals surface area contributed by atoms with Crippen molar-refractivity contribution in [1.82, 2.24) is 10.3 Å². The Morgan fingerprint density at radius 3 is 2.85 bits per heavy atom. The van der Waals surface area contributed by atoms with Crippen LogP contribution in [0.25, 0.3) is 10.9 Å². The van der Waals surface area contributed by atoms with Crippen LogP contribution in [0.3, 0.4) is 0 Å². The molecule has 2 aromatic rings. The number of aromatic nitrogens is 1. The highest BCUT2D eigenvalue weighted by molar-refractivity contribution is 5.93. The van der Waals surface area contributed by atoms with E-state index < -0.39 is 11.9 Å². The molecule has 2 rings (SSSR count). The van der Waals surface area contributed by atoms with Crippen molar-refractivity contribution in [2.24, 2.45) is 0 Å². The lowest BCUT2D eigenvalue weighted by Gasteiger charge is -2.11. The zero-order valence-electron chi connectivity index (χ0n) is 11.1. The zero-order valence-corrected chi connectivity index (χ0v) is 11.1. The predicted octanol–water partition coefficient (Wildman–Crippen LogP) is 0.521. The van der Waals surface area contributed by atoms with Gasteiger partial charge in [-0.05, 0) is 31.1 Å². The Morgan fingerprint density at radius 1 is 1.35 bits per heavy atom. The van der Waals surface area contributed by atoms with Crippen molar-refractivity contribution in [2.75, 3.05) is 0 Å². The number of fused-ring (bicyclic) bond motifs is 1. The van der Waals surface area contributed by atoms with Crippen molar-refractivity contribution in [3.63, 3.8) is 0 Å². The van der Waals surface area contributed by atoms with Gasteiger partial charge in [-0.2, -0.15) is 0 Å². The number of rotatable bonds is 5. The van der Waals surface area contributed by atoms with E-state index in [0.717, 1.165) is 22.5 Å². The maximum Gasteiger partial charge on any atom is 0.244 e. The van der Waals surface area contributed by atoms with E-state index >= 15 is 0 Å². The summed E-state index contributed by atoms with van der Waals surface area (Å²) in [6, 6.07) is 7.83. The van der Waals surface area contributed by atoms with E-state index in [9.17, 15) is 14.7 Å². The summed E-state index contributed by atoms with van der Waals surface area (Å²) in [5.41, 5.74) is 2.16. The zero-order chi connectivity index (χ0) is 14.5. The second-order valence-electron chi connectivity index (χ2n) is 4.63. The van der Waals surface area contributed by atoms with E-state index in [-0.39, 0.29) is 6.04 Å². The SMILES string of the molecule is C[C@@H](Cc1c[nH]c2ccccc12)NC(=O)/C=C/C(=O)[O-]. The van der Waals surface area contributed by atoms with Gasteiger partial charge in [-0.1, -0.05) is 18.2 Å². The molecule has 0 aliphatic rings. The third kappa shape index (κ3) is 3.47. The van der Waals surface area contributed by atoms with E-state index in [4.69, 9.17) is 0 Å². The molecule has 1 aromatic heterocycles. The predicted molar refractivity (Wildman–Crippen MR) is 73.8 cm³/mol. The lowest BCUT2D eigenvalue weighted by Crippen LogP contribution is -2.33. The van der Waals surface area contributed by atoms with Crippen LogP contribution in [0.2, 0.25) is 0 Å². The minimum Gasteiger partial charge on any atom is -0.545 e. The number of carboxylic acid groups (broad SMARTS) is 1. The van der Waals surface area contributed by atoms with Crippen LogP contribution in [0.1, 0.15) is 12.5 Å². The molecule has 0 saturated carbocycles. The highest BCUT2D eigenvalue weighted by Gasteiger charge is 2.09. The van der Waals surface area contributed by atoms with Gasteiger partial charge in [-0.15, -0.1) is 0 Å². The van der Waals surface area contributed by atoms with E-state index in [0.29, 0.717) is 12.5 Å². The first kappa shape index (κ1) is 13.9. The first-order chi connectivity index (χ1) is 9.56. The fraction of sp³-hybridized carbons (Fsp3) is 0.200. The molecule has 5 heteroatoms. The van der Waals surface area contributed by atoms with Crippen LogP contribution in [0.4, 0.5) is 0 Å². The van der Waals surface area contributed by atoms with E-state index in [1.165, 1.54) is 0 Å². The van der Waals surface area contributed by atoms with Gasteiger partial charge < -0.3 is 20.2 Å². The molecule has 2 N–H and O–H groups in total. The molecule has 1 aromatic carbocycles. The Balaban J connectivity index is 1.99. The third-order valence-electron chi connectivity index (χ3n) is 2.96. The number of amides is 1. The average molecular weight is 271 g/mol. The standard InChI is InChI=1S/C15H16N2O3/c1-10(17-14(18)6-7-15(19)20)8-11-9-16-13-5-3-2-4-12(11)13/h2-7,9-10,16H,8H2,1H3,(H,17,18)(H,19,20)/p-1/b7-6+/t10-/m0/s1. The van der Waals surface area contributed by atoms with Gasteiger partial charge in [0.15, 0.2) is 0 Å². The van der Waals surface area contributed by atoms with Gasteiger partial charge in [-0.25, -0.2) is 0 Å². The first-order valence-corrected chi connectivity index (χ1v) is 6.31. The number of carbonyl (C=O) groups excluding carboxylic acids is 2. The van der Waals surface area contributed by atoms with Crippen LogP contribution < -0.4 is 10.4 Å². The molecule has 104 valence electrons. The minimum absolute atomic E-state index is 0.104. The Hall–Kier alpha value is -2.56. The van der Waals surface area contributed by atoms with Crippen LogP contribution in [0.5, 0.6) is 0 Å². The van der Waals surface area contributed by atoms with Gasteiger partial charge in [0.05, 0.1) is 5.97 Å². The molecule has 0 saturated heterocycles. The highest BCUT2D eigenvalue weighted by Crippen LogP contribution is 2.18. The van der Waals surface area contributed by atoms with Gasteiger partial charge in [0.1, 0.15) is 0 Å². The summed E-state index contributed by atoms with van der Waals surface area (Å²) in [4.78, 5) is 24.8. The van der Waals surface area contributed by atoms with Crippen molar-refractivity contribution in [2.45, 2.75) is 19.4 Å². The fourth-order valence-electron chi connectivity index (χ4n) is 2.12. The fourth-order valence-corrected chi connectivity index (χ4v) is 2.12. The second-order valence-corrected chi connectivity index (χ2v) is 4.63. The highest BCUT2D eigenvalue weighted by atomic mass is 16.4. The van der Waals surface area contributed by atoms with Gasteiger partial charge in [0.2, 0.25) is 5.91 Å². The van der Waals surface area contributed by atoms with E-state index in [2.05, 4.69) is 10.3 Å². The normalized spacial score (nSPS) is 12.7. The second kappa shape index (κ2) is 6.06. The molecule has 20 heavy (non-hydrogen) atoms. The summed E-state index contributed by atoms with van der Waals surface area (Å²) >= 11 is 0. The molecule has 0 unspecified atom stereocenters. The Bertz CT molecular complexity index is 658. The summed E-state index contributed by atoms with van der Waals surface area (Å²) < 4.78 is 0. The molecule has 1 amide bonds. The molecule has 0 aliphatic carbocycles. The molecular weight excluding hydrogens is 256 g/mol. The molecule has 0 bridgehead atoms. The van der Waals surface area contributed by atoms with Crippen molar-refractivity contribution in [3.05, 3.63) is 48.2 Å². The number of nitrogens with one attached hydrogen (secondary N) is 2. The maximum absolute atomic E-state index is 11.5. The number of para-hydroxylation sites is 1. The molecule has 0 spiro atoms. The summed E-state index contributed by atoms with van der Waals surface area (Å²) in [7, 11) is 0. The van der Waals surface area contributed by atoms with Gasteiger partial charge >= 0.3 is 0 Å². The smallest absolute Gasteiger partial charge is 0.244 e. The average Bonchev–Trinajstić information content (AvgIpc) is 2.80. The lowest BCUT2D eigenvalue weighted by atomic mass is 10.1. The molecule has 1 heterocycles. The number of carbonyl (C=O) groups is 2. The minimum atomic E-state index is -1.38. The number of hydrogen-bond acceptors (Lipinski definition) is 3. The quantitative estimate of drug-likeness (QED) is 0.777. The van der Waals surface area contributed by atoms with E-state index in [1.54, 1.807) is 0 Å². The molecule has 0 aliphatic heterocycles. The monoisotopic (exact) mass is 271 g/mol. The Kier molecular flexibility index (Phi) is 4.20. The Morgan fingerprint density at radius 2 is 2.10 bits per heavy atom. The van der Waals surface area contributed by atoms with Crippen molar-refractivity contribution < 1.29 is 14.7 Å². The first-order valence-electron chi connectivity index (χ1n) is 6.31. The summed E-state index contributed by atoms with van der Waals surface area (Å²) in [6.45, 7) is 1.87.